The molecule has 0 heterocycles. The van der Waals surface area contributed by atoms with Gasteiger partial charge in [-0.2, -0.15) is 0 Å². The molecule has 0 aromatic heterocycles. The molecule has 0 spiro atoms. The summed E-state index contributed by atoms with van der Waals surface area (Å²) in [7, 11) is 4.47. The molecule has 1 aliphatic carbocycles. The quantitative estimate of drug-likeness (QED) is 0.708. The van der Waals surface area contributed by atoms with Crippen LogP contribution in [0, 0.1) is 5.92 Å². The highest BCUT2D eigenvalue weighted by Gasteiger charge is 2.30. The van der Waals surface area contributed by atoms with Gasteiger partial charge in [-0.3, -0.25) is 9.59 Å². The third-order valence-electron chi connectivity index (χ3n) is 4.73. The minimum absolute atomic E-state index is 0.0939. The third kappa shape index (κ3) is 4.44. The van der Waals surface area contributed by atoms with Crippen LogP contribution >= 0.6 is 0 Å². The monoisotopic (exact) mass is 349 g/mol. The molecule has 1 aliphatic rings. The van der Waals surface area contributed by atoms with E-state index in [9.17, 15) is 9.59 Å². The van der Waals surface area contributed by atoms with Crippen molar-refractivity contribution in [3.05, 3.63) is 23.8 Å². The Kier molecular flexibility index (Phi) is 6.67. The van der Waals surface area contributed by atoms with Crippen LogP contribution in [0.5, 0.6) is 11.5 Å². The van der Waals surface area contributed by atoms with Crippen LogP contribution in [-0.4, -0.2) is 50.7 Å². The second-order valence-electron chi connectivity index (χ2n) is 6.39. The van der Waals surface area contributed by atoms with Crippen molar-refractivity contribution in [3.8, 4) is 11.5 Å². The van der Waals surface area contributed by atoms with E-state index in [0.717, 1.165) is 25.7 Å². The van der Waals surface area contributed by atoms with Crippen molar-refractivity contribution in [3.63, 3.8) is 0 Å². The number of amides is 1. The summed E-state index contributed by atoms with van der Waals surface area (Å²) >= 11 is 0. The Hall–Kier alpha value is -2.24. The van der Waals surface area contributed by atoms with Crippen LogP contribution < -0.4 is 9.47 Å². The Balaban J connectivity index is 2.26. The maximum Gasteiger partial charge on any atom is 0.310 e. The van der Waals surface area contributed by atoms with Gasteiger partial charge in [0.1, 0.15) is 0 Å². The topological polar surface area (TPSA) is 65.1 Å². The van der Waals surface area contributed by atoms with E-state index in [-0.39, 0.29) is 23.8 Å². The van der Waals surface area contributed by atoms with Crippen molar-refractivity contribution in [2.75, 3.05) is 27.9 Å². The van der Waals surface area contributed by atoms with Gasteiger partial charge in [-0.25, -0.2) is 0 Å². The first-order chi connectivity index (χ1) is 12.0. The molecule has 1 unspecified atom stereocenters. The van der Waals surface area contributed by atoms with Gasteiger partial charge in [0.15, 0.2) is 11.5 Å². The number of ether oxygens (including phenoxy) is 3. The van der Waals surface area contributed by atoms with Crippen molar-refractivity contribution in [1.82, 2.24) is 4.90 Å². The van der Waals surface area contributed by atoms with E-state index in [1.54, 1.807) is 39.3 Å². The molecule has 0 radical (unpaired) electrons. The lowest BCUT2D eigenvalue weighted by Crippen LogP contribution is -2.43. The first-order valence-electron chi connectivity index (χ1n) is 8.62. The predicted molar refractivity (Wildman–Crippen MR) is 94.0 cm³/mol. The fourth-order valence-corrected chi connectivity index (χ4v) is 3.32. The van der Waals surface area contributed by atoms with Crippen LogP contribution in [0.4, 0.5) is 0 Å². The Labute approximate surface area is 149 Å². The van der Waals surface area contributed by atoms with Crippen molar-refractivity contribution < 1.29 is 23.8 Å². The summed E-state index contributed by atoms with van der Waals surface area (Å²) in [6.45, 7) is 2.14. The molecule has 0 saturated heterocycles. The molecule has 1 amide bonds. The SMILES string of the molecule is COC(=O)C(C)CN(C(=O)c1ccc(OC)c(OC)c1)C1CCCC1. The molecule has 6 heteroatoms. The van der Waals surface area contributed by atoms with Gasteiger partial charge in [0.25, 0.3) is 5.91 Å². The van der Waals surface area contributed by atoms with E-state index in [1.807, 2.05) is 4.90 Å². The number of hydrogen-bond donors (Lipinski definition) is 0. The number of carbonyl (C=O) groups is 2. The van der Waals surface area contributed by atoms with Crippen molar-refractivity contribution >= 4 is 11.9 Å². The number of carbonyl (C=O) groups excluding carboxylic acids is 2. The lowest BCUT2D eigenvalue weighted by Gasteiger charge is -2.31. The first-order valence-corrected chi connectivity index (χ1v) is 8.62. The van der Waals surface area contributed by atoms with E-state index in [2.05, 4.69) is 0 Å². The first kappa shape index (κ1) is 19.1. The Morgan fingerprint density at radius 2 is 1.76 bits per heavy atom. The fraction of sp³-hybridized carbons (Fsp3) is 0.579. The molecule has 0 aliphatic heterocycles. The smallest absolute Gasteiger partial charge is 0.310 e. The van der Waals surface area contributed by atoms with E-state index in [0.29, 0.717) is 23.6 Å². The molecule has 1 atom stereocenters. The van der Waals surface area contributed by atoms with Gasteiger partial charge in [-0.1, -0.05) is 19.8 Å². The molecular formula is C19H27NO5. The third-order valence-corrected chi connectivity index (χ3v) is 4.73. The van der Waals surface area contributed by atoms with E-state index >= 15 is 0 Å². The zero-order valence-corrected chi connectivity index (χ0v) is 15.4. The van der Waals surface area contributed by atoms with E-state index < -0.39 is 0 Å². The molecular weight excluding hydrogens is 322 g/mol. The van der Waals surface area contributed by atoms with E-state index in [1.165, 1.54) is 7.11 Å². The van der Waals surface area contributed by atoms with Gasteiger partial charge < -0.3 is 19.1 Å². The van der Waals surface area contributed by atoms with Gasteiger partial charge in [0.05, 0.1) is 27.2 Å². The number of esters is 1. The lowest BCUT2D eigenvalue weighted by molar-refractivity contribution is -0.145. The van der Waals surface area contributed by atoms with Crippen LogP contribution in [0.1, 0.15) is 43.0 Å². The van der Waals surface area contributed by atoms with Gasteiger partial charge in [0.2, 0.25) is 0 Å². The highest BCUT2D eigenvalue weighted by molar-refractivity contribution is 5.95. The van der Waals surface area contributed by atoms with Crippen LogP contribution in [0.15, 0.2) is 18.2 Å². The molecule has 0 bridgehead atoms. The Bertz CT molecular complexity index is 610. The standard InChI is InChI=1S/C19H27NO5/c1-13(19(22)25-4)12-20(15-7-5-6-8-15)18(21)14-9-10-16(23-2)17(11-14)24-3/h9-11,13,15H,5-8,12H2,1-4H3. The highest BCUT2D eigenvalue weighted by Crippen LogP contribution is 2.30. The fourth-order valence-electron chi connectivity index (χ4n) is 3.32. The van der Waals surface area contributed by atoms with Crippen LogP contribution in [0.3, 0.4) is 0 Å². The van der Waals surface area contributed by atoms with Crippen molar-refractivity contribution in [2.24, 2.45) is 5.92 Å². The number of nitrogens with zero attached hydrogens (tertiary/aromatic N) is 1. The van der Waals surface area contributed by atoms with Gasteiger partial charge in [0, 0.05) is 18.2 Å². The number of rotatable bonds is 7. The van der Waals surface area contributed by atoms with Gasteiger partial charge in [-0.15, -0.1) is 0 Å². The summed E-state index contributed by atoms with van der Waals surface area (Å²) < 4.78 is 15.3. The molecule has 0 N–H and O–H groups in total. The van der Waals surface area contributed by atoms with Gasteiger partial charge in [-0.05, 0) is 31.0 Å². The molecule has 1 fully saturated rings. The molecule has 1 aromatic carbocycles. The van der Waals surface area contributed by atoms with Crippen LogP contribution in [-0.2, 0) is 9.53 Å². The number of hydrogen-bond acceptors (Lipinski definition) is 5. The maximum absolute atomic E-state index is 13.1. The summed E-state index contributed by atoms with van der Waals surface area (Å²) in [5.74, 6) is 0.330. The minimum atomic E-state index is -0.366. The van der Waals surface area contributed by atoms with Gasteiger partial charge >= 0.3 is 5.97 Å². The van der Waals surface area contributed by atoms with Crippen molar-refractivity contribution in [2.45, 2.75) is 38.6 Å². The predicted octanol–water partition coefficient (Wildman–Crippen LogP) is 2.90. The second-order valence-corrected chi connectivity index (χ2v) is 6.39. The van der Waals surface area contributed by atoms with Crippen molar-refractivity contribution in [1.29, 1.82) is 0 Å². The Morgan fingerprint density at radius 1 is 1.12 bits per heavy atom. The summed E-state index contributed by atoms with van der Waals surface area (Å²) in [5, 5.41) is 0. The van der Waals surface area contributed by atoms with E-state index in [4.69, 9.17) is 14.2 Å². The summed E-state index contributed by atoms with van der Waals surface area (Å²) in [5.41, 5.74) is 0.529. The average Bonchev–Trinajstić information content (AvgIpc) is 3.18. The molecule has 25 heavy (non-hydrogen) atoms. The van der Waals surface area contributed by atoms with Crippen LogP contribution in [0.25, 0.3) is 0 Å². The van der Waals surface area contributed by atoms with Crippen LogP contribution in [0.2, 0.25) is 0 Å². The molecule has 138 valence electrons. The molecule has 1 saturated carbocycles. The minimum Gasteiger partial charge on any atom is -0.493 e. The molecule has 6 nitrogen and oxygen atoms in total. The largest absolute Gasteiger partial charge is 0.493 e. The maximum atomic E-state index is 13.1. The summed E-state index contributed by atoms with van der Waals surface area (Å²) in [6.07, 6.45) is 4.14. The normalized spacial score (nSPS) is 15.5. The summed E-state index contributed by atoms with van der Waals surface area (Å²) in [6, 6.07) is 5.30. The molecule has 1 aromatic rings. The summed E-state index contributed by atoms with van der Waals surface area (Å²) in [4.78, 5) is 26.7. The molecule has 2 rings (SSSR count). The lowest BCUT2D eigenvalue weighted by atomic mass is 10.1. The number of benzene rings is 1. The Morgan fingerprint density at radius 3 is 2.32 bits per heavy atom. The highest BCUT2D eigenvalue weighted by atomic mass is 16.5. The zero-order valence-electron chi connectivity index (χ0n) is 15.4. The average molecular weight is 349 g/mol. The second kappa shape index (κ2) is 8.74. The zero-order chi connectivity index (χ0) is 18.4. The number of methoxy groups -OCH3 is 3.